The molecule has 1 aliphatic carbocycles. The highest BCUT2D eigenvalue weighted by molar-refractivity contribution is 6.01. The van der Waals surface area contributed by atoms with E-state index in [-0.39, 0.29) is 25.2 Å². The van der Waals surface area contributed by atoms with Crippen LogP contribution in [0.15, 0.2) is 65.5 Å². The zero-order valence-corrected chi connectivity index (χ0v) is 17.4. The van der Waals surface area contributed by atoms with Gasteiger partial charge in [-0.3, -0.25) is 4.79 Å². The van der Waals surface area contributed by atoms with Gasteiger partial charge in [-0.05, 0) is 49.8 Å². The summed E-state index contributed by atoms with van der Waals surface area (Å²) in [5.41, 5.74) is 2.02. The molecule has 1 fully saturated rings. The summed E-state index contributed by atoms with van der Waals surface area (Å²) < 4.78 is 16.1. The van der Waals surface area contributed by atoms with E-state index < -0.39 is 17.3 Å². The Morgan fingerprint density at radius 2 is 2.10 bits per heavy atom. The van der Waals surface area contributed by atoms with Gasteiger partial charge in [0.1, 0.15) is 5.70 Å². The molecule has 4 aliphatic rings. The smallest absolute Gasteiger partial charge is 0.354 e. The van der Waals surface area contributed by atoms with E-state index in [0.29, 0.717) is 29.3 Å². The largest absolute Gasteiger partial charge is 0.461 e. The van der Waals surface area contributed by atoms with Crippen LogP contribution in [-0.4, -0.2) is 37.7 Å². The summed E-state index contributed by atoms with van der Waals surface area (Å²) in [6.45, 7) is 4.68. The fourth-order valence-electron chi connectivity index (χ4n) is 4.96. The molecule has 1 aromatic rings. The van der Waals surface area contributed by atoms with Crippen LogP contribution in [0, 0.1) is 11.3 Å². The maximum atomic E-state index is 13.9. The highest BCUT2D eigenvalue weighted by Crippen LogP contribution is 2.53. The van der Waals surface area contributed by atoms with Crippen LogP contribution in [0.2, 0.25) is 0 Å². The van der Waals surface area contributed by atoms with E-state index in [9.17, 15) is 9.59 Å². The van der Waals surface area contributed by atoms with Crippen LogP contribution in [0.4, 0.5) is 0 Å². The normalized spacial score (nSPS) is 27.5. The summed E-state index contributed by atoms with van der Waals surface area (Å²) in [5.74, 6) is 0.303. The first kappa shape index (κ1) is 19.5. The number of allylic oxidation sites excluding steroid dienone is 4. The molecule has 3 unspecified atom stereocenters. The van der Waals surface area contributed by atoms with Crippen molar-refractivity contribution in [2.45, 2.75) is 19.9 Å². The molecule has 0 radical (unpaired) electrons. The number of ether oxygens (including phenoxy) is 3. The summed E-state index contributed by atoms with van der Waals surface area (Å²) in [6, 6.07) is 5.13. The monoisotopic (exact) mass is 420 g/mol. The second-order valence-corrected chi connectivity index (χ2v) is 7.97. The van der Waals surface area contributed by atoms with Gasteiger partial charge in [0.15, 0.2) is 17.3 Å². The predicted octanol–water partition coefficient (Wildman–Crippen LogP) is 2.62. The molecule has 3 aliphatic heterocycles. The van der Waals surface area contributed by atoms with Crippen LogP contribution in [0.1, 0.15) is 24.2 Å². The highest BCUT2D eigenvalue weighted by atomic mass is 16.7. The van der Waals surface area contributed by atoms with E-state index in [1.807, 2.05) is 37.3 Å². The second-order valence-electron chi connectivity index (χ2n) is 7.97. The molecular formula is C24H24N2O5. The average Bonchev–Trinajstić information content (AvgIpc) is 3.27. The lowest BCUT2D eigenvalue weighted by molar-refractivity contribution is -0.139. The van der Waals surface area contributed by atoms with Crippen molar-refractivity contribution < 1.29 is 23.8 Å². The maximum absolute atomic E-state index is 13.9. The number of benzene rings is 1. The summed E-state index contributed by atoms with van der Waals surface area (Å²) in [7, 11) is 0. The fraction of sp³-hybridized carbons (Fsp3) is 0.333. The van der Waals surface area contributed by atoms with E-state index in [0.717, 1.165) is 11.3 Å². The molecule has 5 rings (SSSR count). The van der Waals surface area contributed by atoms with Crippen LogP contribution >= 0.6 is 0 Å². The van der Waals surface area contributed by atoms with E-state index in [1.165, 1.54) is 0 Å². The van der Waals surface area contributed by atoms with Gasteiger partial charge in [-0.1, -0.05) is 18.2 Å². The Morgan fingerprint density at radius 3 is 2.94 bits per heavy atom. The topological polar surface area (TPSA) is 85.9 Å². The highest BCUT2D eigenvalue weighted by Gasteiger charge is 2.55. The minimum atomic E-state index is -0.785. The standard InChI is InChI=1S/C24H24N2O5/c1-3-29-23(28)17-12-24-16(9-10-25-17)5-4-6-20(24)26-14(2)21(24)22(27)15-7-8-18-19(11-15)31-13-30-18/h4-9,11-12,14,21,25-26H,3,10,13H2,1-2H3. The van der Waals surface area contributed by atoms with Crippen molar-refractivity contribution in [1.82, 2.24) is 10.6 Å². The van der Waals surface area contributed by atoms with E-state index >= 15 is 0 Å². The SMILES string of the molecule is CCOC(=O)C1=CC23C(=CCN1)C=CC=C2NC(C)C3C(=O)c1ccc2c(c1)OCO2. The zero-order chi connectivity index (χ0) is 21.6. The lowest BCUT2D eigenvalue weighted by atomic mass is 9.64. The van der Waals surface area contributed by atoms with Crippen LogP contribution < -0.4 is 20.1 Å². The first-order valence-electron chi connectivity index (χ1n) is 10.5. The predicted molar refractivity (Wildman–Crippen MR) is 113 cm³/mol. The number of hydrogen-bond donors (Lipinski definition) is 2. The third-order valence-electron chi connectivity index (χ3n) is 6.26. The van der Waals surface area contributed by atoms with Crippen molar-refractivity contribution in [1.29, 1.82) is 0 Å². The van der Waals surface area contributed by atoms with Gasteiger partial charge < -0.3 is 24.8 Å². The van der Waals surface area contributed by atoms with E-state index in [1.54, 1.807) is 25.1 Å². The van der Waals surface area contributed by atoms with Crippen LogP contribution in [0.25, 0.3) is 0 Å². The third kappa shape index (κ3) is 2.95. The number of rotatable bonds is 4. The zero-order valence-electron chi connectivity index (χ0n) is 17.4. The number of Topliss-reactive ketones (excluding diaryl/α,β-unsaturated/α-hetero) is 1. The quantitative estimate of drug-likeness (QED) is 0.572. The average molecular weight is 420 g/mol. The Bertz CT molecular complexity index is 1080. The maximum Gasteiger partial charge on any atom is 0.354 e. The number of fused-ring (bicyclic) bond motifs is 1. The van der Waals surface area contributed by atoms with Gasteiger partial charge in [0.2, 0.25) is 6.79 Å². The molecule has 7 nitrogen and oxygen atoms in total. The van der Waals surface area contributed by atoms with Gasteiger partial charge in [0, 0.05) is 23.8 Å². The third-order valence-corrected chi connectivity index (χ3v) is 6.26. The molecule has 0 amide bonds. The molecule has 2 N–H and O–H groups in total. The van der Waals surface area contributed by atoms with Crippen molar-refractivity contribution in [3.05, 3.63) is 71.1 Å². The molecule has 1 saturated heterocycles. The number of carbonyl (C=O) groups is 2. The molecule has 1 aromatic carbocycles. The summed E-state index contributed by atoms with van der Waals surface area (Å²) in [5, 5.41) is 6.64. The Morgan fingerprint density at radius 1 is 1.26 bits per heavy atom. The van der Waals surface area contributed by atoms with Gasteiger partial charge >= 0.3 is 5.97 Å². The second kappa shape index (κ2) is 7.34. The van der Waals surface area contributed by atoms with Gasteiger partial charge in [0.25, 0.3) is 0 Å². The molecule has 3 atom stereocenters. The van der Waals surface area contributed by atoms with Crippen molar-refractivity contribution >= 4 is 11.8 Å². The van der Waals surface area contributed by atoms with Gasteiger partial charge in [-0.2, -0.15) is 0 Å². The molecule has 3 heterocycles. The fourth-order valence-corrected chi connectivity index (χ4v) is 4.96. The summed E-state index contributed by atoms with van der Waals surface area (Å²) in [6.07, 6.45) is 9.85. The lowest BCUT2D eigenvalue weighted by Gasteiger charge is -2.35. The first-order chi connectivity index (χ1) is 15.0. The van der Waals surface area contributed by atoms with Gasteiger partial charge in [-0.15, -0.1) is 0 Å². The van der Waals surface area contributed by atoms with Crippen molar-refractivity contribution in [3.63, 3.8) is 0 Å². The van der Waals surface area contributed by atoms with Crippen molar-refractivity contribution in [3.8, 4) is 11.5 Å². The Kier molecular flexibility index (Phi) is 4.61. The molecule has 1 spiro atoms. The van der Waals surface area contributed by atoms with Crippen molar-refractivity contribution in [2.24, 2.45) is 11.3 Å². The van der Waals surface area contributed by atoms with Crippen LogP contribution in [-0.2, 0) is 9.53 Å². The number of hydrogen-bond acceptors (Lipinski definition) is 7. The Labute approximate surface area is 180 Å². The van der Waals surface area contributed by atoms with Crippen LogP contribution in [0.5, 0.6) is 11.5 Å². The molecule has 31 heavy (non-hydrogen) atoms. The number of esters is 1. The van der Waals surface area contributed by atoms with E-state index in [4.69, 9.17) is 14.2 Å². The number of ketones is 1. The minimum Gasteiger partial charge on any atom is -0.461 e. The molecular weight excluding hydrogens is 396 g/mol. The molecule has 0 saturated carbocycles. The van der Waals surface area contributed by atoms with E-state index in [2.05, 4.69) is 10.6 Å². The number of carbonyl (C=O) groups excluding carboxylic acids is 2. The molecule has 160 valence electrons. The first-order valence-corrected chi connectivity index (χ1v) is 10.5. The van der Waals surface area contributed by atoms with Crippen LogP contribution in [0.3, 0.4) is 0 Å². The minimum absolute atomic E-state index is 0.0238. The van der Waals surface area contributed by atoms with Gasteiger partial charge in [-0.25, -0.2) is 4.79 Å². The van der Waals surface area contributed by atoms with Crippen molar-refractivity contribution in [2.75, 3.05) is 19.9 Å². The summed E-state index contributed by atoms with van der Waals surface area (Å²) >= 11 is 0. The summed E-state index contributed by atoms with van der Waals surface area (Å²) in [4.78, 5) is 26.5. The number of nitrogens with one attached hydrogen (secondary N) is 2. The molecule has 0 aromatic heterocycles. The molecule has 7 heteroatoms. The molecule has 0 bridgehead atoms. The Hall–Kier alpha value is -3.48. The van der Waals surface area contributed by atoms with Gasteiger partial charge in [0.05, 0.1) is 17.9 Å². The Balaban J connectivity index is 1.63. The lowest BCUT2D eigenvalue weighted by Crippen LogP contribution is -2.38.